The SMILES string of the molecule is CC/C=C/C1CC(C)C2C=CCC12. The summed E-state index contributed by atoms with van der Waals surface area (Å²) >= 11 is 0. The summed E-state index contributed by atoms with van der Waals surface area (Å²) in [6.45, 7) is 4.63. The molecule has 1 saturated carbocycles. The second kappa shape index (κ2) is 3.69. The highest BCUT2D eigenvalue weighted by molar-refractivity contribution is 5.12. The van der Waals surface area contributed by atoms with Gasteiger partial charge < -0.3 is 0 Å². The minimum absolute atomic E-state index is 0.870. The van der Waals surface area contributed by atoms with Crippen molar-refractivity contribution in [3.05, 3.63) is 24.3 Å². The predicted octanol–water partition coefficient (Wildman–Crippen LogP) is 3.80. The molecule has 0 aromatic carbocycles. The van der Waals surface area contributed by atoms with Crippen LogP contribution >= 0.6 is 0 Å². The Morgan fingerprint density at radius 1 is 1.46 bits per heavy atom. The van der Waals surface area contributed by atoms with E-state index in [0.29, 0.717) is 0 Å². The van der Waals surface area contributed by atoms with Crippen molar-refractivity contribution in [3.63, 3.8) is 0 Å². The predicted molar refractivity (Wildman–Crippen MR) is 57.4 cm³/mol. The molecule has 0 nitrogen and oxygen atoms in total. The van der Waals surface area contributed by atoms with E-state index >= 15 is 0 Å². The fourth-order valence-corrected chi connectivity index (χ4v) is 3.06. The van der Waals surface area contributed by atoms with Crippen LogP contribution in [0.1, 0.15) is 33.1 Å². The van der Waals surface area contributed by atoms with Crippen molar-refractivity contribution in [2.45, 2.75) is 33.1 Å². The molecule has 0 aliphatic heterocycles. The second-order valence-corrected chi connectivity index (χ2v) is 4.62. The van der Waals surface area contributed by atoms with Gasteiger partial charge in [-0.15, -0.1) is 0 Å². The Hall–Kier alpha value is -0.520. The smallest absolute Gasteiger partial charge is 0.0171 e. The molecule has 0 aromatic heterocycles. The van der Waals surface area contributed by atoms with Gasteiger partial charge in [-0.1, -0.05) is 38.2 Å². The first-order chi connectivity index (χ1) is 6.33. The molecule has 0 N–H and O–H groups in total. The molecule has 0 amide bonds. The maximum absolute atomic E-state index is 2.47. The molecular weight excluding hydrogens is 156 g/mol. The quantitative estimate of drug-likeness (QED) is 0.561. The van der Waals surface area contributed by atoms with Gasteiger partial charge in [0, 0.05) is 0 Å². The van der Waals surface area contributed by atoms with E-state index in [1.165, 1.54) is 19.3 Å². The average molecular weight is 176 g/mol. The third-order valence-corrected chi connectivity index (χ3v) is 3.73. The molecule has 0 bridgehead atoms. The highest BCUT2D eigenvalue weighted by Gasteiger charge is 2.39. The van der Waals surface area contributed by atoms with Gasteiger partial charge in [0.1, 0.15) is 0 Å². The Kier molecular flexibility index (Phi) is 2.57. The van der Waals surface area contributed by atoms with Crippen molar-refractivity contribution in [2.24, 2.45) is 23.7 Å². The molecule has 1 fully saturated rings. The molecule has 2 aliphatic carbocycles. The van der Waals surface area contributed by atoms with Crippen LogP contribution in [0.3, 0.4) is 0 Å². The van der Waals surface area contributed by atoms with Crippen molar-refractivity contribution in [2.75, 3.05) is 0 Å². The Bertz CT molecular complexity index is 224. The molecule has 0 saturated heterocycles. The fraction of sp³-hybridized carbons (Fsp3) is 0.692. The Balaban J connectivity index is 2.04. The first-order valence-corrected chi connectivity index (χ1v) is 5.66. The molecular formula is C13H20. The number of hydrogen-bond acceptors (Lipinski definition) is 0. The van der Waals surface area contributed by atoms with Crippen molar-refractivity contribution in [3.8, 4) is 0 Å². The largest absolute Gasteiger partial charge is 0.0885 e. The van der Waals surface area contributed by atoms with Gasteiger partial charge in [0.25, 0.3) is 0 Å². The summed E-state index contributed by atoms with van der Waals surface area (Å²) in [4.78, 5) is 0. The monoisotopic (exact) mass is 176 g/mol. The first kappa shape index (κ1) is 9.05. The van der Waals surface area contributed by atoms with Gasteiger partial charge in [-0.2, -0.15) is 0 Å². The molecule has 0 heteroatoms. The lowest BCUT2D eigenvalue weighted by molar-refractivity contribution is 0.402. The molecule has 2 rings (SSSR count). The molecule has 0 spiro atoms. The van der Waals surface area contributed by atoms with Gasteiger partial charge >= 0.3 is 0 Å². The summed E-state index contributed by atoms with van der Waals surface area (Å²) in [6, 6.07) is 0. The van der Waals surface area contributed by atoms with Gasteiger partial charge in [-0.05, 0) is 42.9 Å². The fourth-order valence-electron chi connectivity index (χ4n) is 3.06. The van der Waals surface area contributed by atoms with Crippen LogP contribution in [0, 0.1) is 23.7 Å². The molecule has 13 heavy (non-hydrogen) atoms. The van der Waals surface area contributed by atoms with Gasteiger partial charge in [-0.3, -0.25) is 0 Å². The minimum Gasteiger partial charge on any atom is -0.0885 e. The number of fused-ring (bicyclic) bond motifs is 1. The zero-order valence-electron chi connectivity index (χ0n) is 8.74. The van der Waals surface area contributed by atoms with E-state index in [1.54, 1.807) is 0 Å². The zero-order valence-corrected chi connectivity index (χ0v) is 8.74. The Morgan fingerprint density at radius 2 is 2.31 bits per heavy atom. The maximum atomic E-state index is 2.47. The number of hydrogen-bond donors (Lipinski definition) is 0. The van der Waals surface area contributed by atoms with Crippen molar-refractivity contribution in [1.29, 1.82) is 0 Å². The summed E-state index contributed by atoms with van der Waals surface area (Å²) in [5.74, 6) is 3.62. The number of allylic oxidation sites excluding steroid dienone is 4. The lowest BCUT2D eigenvalue weighted by Gasteiger charge is -2.14. The van der Waals surface area contributed by atoms with Gasteiger partial charge in [0.05, 0.1) is 0 Å². The first-order valence-electron chi connectivity index (χ1n) is 5.66. The Morgan fingerprint density at radius 3 is 3.08 bits per heavy atom. The van der Waals surface area contributed by atoms with Gasteiger partial charge in [0.15, 0.2) is 0 Å². The zero-order chi connectivity index (χ0) is 9.26. The van der Waals surface area contributed by atoms with E-state index in [4.69, 9.17) is 0 Å². The molecule has 72 valence electrons. The van der Waals surface area contributed by atoms with E-state index in [1.807, 2.05) is 0 Å². The molecule has 0 aromatic rings. The topological polar surface area (TPSA) is 0 Å². The summed E-state index contributed by atoms with van der Waals surface area (Å²) in [5.41, 5.74) is 0. The summed E-state index contributed by atoms with van der Waals surface area (Å²) in [6.07, 6.45) is 13.6. The van der Waals surface area contributed by atoms with E-state index in [2.05, 4.69) is 38.2 Å². The lowest BCUT2D eigenvalue weighted by atomic mass is 9.90. The van der Waals surface area contributed by atoms with Gasteiger partial charge in [-0.25, -0.2) is 0 Å². The van der Waals surface area contributed by atoms with Crippen LogP contribution in [0.2, 0.25) is 0 Å². The van der Waals surface area contributed by atoms with Gasteiger partial charge in [0.2, 0.25) is 0 Å². The van der Waals surface area contributed by atoms with E-state index in [-0.39, 0.29) is 0 Å². The summed E-state index contributed by atoms with van der Waals surface area (Å²) < 4.78 is 0. The normalized spacial score (nSPS) is 43.2. The van der Waals surface area contributed by atoms with Crippen LogP contribution in [0.15, 0.2) is 24.3 Å². The van der Waals surface area contributed by atoms with Crippen LogP contribution < -0.4 is 0 Å². The highest BCUT2D eigenvalue weighted by Crippen LogP contribution is 2.47. The lowest BCUT2D eigenvalue weighted by Crippen LogP contribution is -2.08. The molecule has 4 unspecified atom stereocenters. The molecule has 4 atom stereocenters. The van der Waals surface area contributed by atoms with E-state index in [0.717, 1.165) is 23.7 Å². The second-order valence-electron chi connectivity index (χ2n) is 4.62. The van der Waals surface area contributed by atoms with Crippen molar-refractivity contribution < 1.29 is 0 Å². The number of rotatable bonds is 2. The van der Waals surface area contributed by atoms with Crippen LogP contribution in [0.25, 0.3) is 0 Å². The minimum atomic E-state index is 0.870. The third kappa shape index (κ3) is 1.59. The molecule has 0 radical (unpaired) electrons. The van der Waals surface area contributed by atoms with Crippen LogP contribution in [0.5, 0.6) is 0 Å². The van der Waals surface area contributed by atoms with Crippen molar-refractivity contribution >= 4 is 0 Å². The van der Waals surface area contributed by atoms with Crippen molar-refractivity contribution in [1.82, 2.24) is 0 Å². The maximum Gasteiger partial charge on any atom is -0.0171 e. The standard InChI is InChI=1S/C13H20/c1-3-4-6-11-9-10(2)12-7-5-8-13(11)12/h4-7,10-13H,3,8-9H2,1-2H3/b6-4+. The van der Waals surface area contributed by atoms with Crippen LogP contribution in [-0.4, -0.2) is 0 Å². The average Bonchev–Trinajstić information content (AvgIpc) is 2.67. The Labute approximate surface area is 81.7 Å². The summed E-state index contributed by atoms with van der Waals surface area (Å²) in [5, 5.41) is 0. The van der Waals surface area contributed by atoms with Crippen LogP contribution in [-0.2, 0) is 0 Å². The highest BCUT2D eigenvalue weighted by atomic mass is 14.4. The molecule has 0 heterocycles. The van der Waals surface area contributed by atoms with E-state index < -0.39 is 0 Å². The third-order valence-electron chi connectivity index (χ3n) is 3.73. The molecule has 2 aliphatic rings. The van der Waals surface area contributed by atoms with Crippen LogP contribution in [0.4, 0.5) is 0 Å². The van der Waals surface area contributed by atoms with E-state index in [9.17, 15) is 0 Å². The summed E-state index contributed by atoms with van der Waals surface area (Å²) in [7, 11) is 0.